The van der Waals surface area contributed by atoms with Crippen molar-refractivity contribution in [3.8, 4) is 0 Å². The molecule has 0 aliphatic rings. The molecule has 0 radical (unpaired) electrons. The molecule has 4 aromatic heterocycles. The number of rotatable bonds is 5. The summed E-state index contributed by atoms with van der Waals surface area (Å²) in [6.07, 6.45) is 2.72. The van der Waals surface area contributed by atoms with Crippen molar-refractivity contribution in [2.45, 2.75) is 26.9 Å². The van der Waals surface area contributed by atoms with Crippen molar-refractivity contribution in [2.24, 2.45) is 0 Å². The topological polar surface area (TPSA) is 90.0 Å². The number of nitrogens with one attached hydrogen (secondary N) is 1. The van der Waals surface area contributed by atoms with Gasteiger partial charge in [-0.2, -0.15) is 0 Å². The average Bonchev–Trinajstić information content (AvgIpc) is 3.15. The van der Waals surface area contributed by atoms with Crippen molar-refractivity contribution in [1.29, 1.82) is 0 Å². The van der Waals surface area contributed by atoms with E-state index in [1.807, 2.05) is 13.0 Å². The largest absolute Gasteiger partial charge is 0.465 e. The minimum atomic E-state index is -0.440. The number of carbonyl (C=O) groups is 1. The molecule has 1 amide bonds. The number of carbonyl (C=O) groups excluding carboxylic acids is 1. The minimum Gasteiger partial charge on any atom is -0.465 e. The zero-order valence-electron chi connectivity index (χ0n) is 16.5. The third-order valence-electron chi connectivity index (χ3n) is 4.73. The Bertz CT molecular complexity index is 1290. The summed E-state index contributed by atoms with van der Waals surface area (Å²) in [6.45, 7) is 3.97. The van der Waals surface area contributed by atoms with Gasteiger partial charge in [0.15, 0.2) is 0 Å². The third kappa shape index (κ3) is 3.98. The highest BCUT2D eigenvalue weighted by Gasteiger charge is 2.15. The Hall–Kier alpha value is -3.81. The fourth-order valence-corrected chi connectivity index (χ4v) is 3.18. The van der Waals surface area contributed by atoms with Crippen LogP contribution in [-0.4, -0.2) is 20.4 Å². The molecular formula is C22H19FN4O3. The number of furan rings is 1. The van der Waals surface area contributed by atoms with Crippen LogP contribution in [0.15, 0.2) is 58.0 Å². The molecule has 1 N–H and O–H groups in total. The average molecular weight is 406 g/mol. The highest BCUT2D eigenvalue weighted by atomic mass is 19.1. The molecule has 0 aromatic carbocycles. The van der Waals surface area contributed by atoms with Gasteiger partial charge in [0.2, 0.25) is 0 Å². The second-order valence-corrected chi connectivity index (χ2v) is 6.97. The number of hydrogen-bond acceptors (Lipinski definition) is 5. The third-order valence-corrected chi connectivity index (χ3v) is 4.73. The van der Waals surface area contributed by atoms with Gasteiger partial charge in [-0.3, -0.25) is 19.6 Å². The molecule has 0 atom stereocenters. The van der Waals surface area contributed by atoms with Gasteiger partial charge < -0.3 is 14.3 Å². The van der Waals surface area contributed by atoms with Crippen molar-refractivity contribution < 1.29 is 13.6 Å². The highest BCUT2D eigenvalue weighted by Crippen LogP contribution is 2.15. The van der Waals surface area contributed by atoms with Crippen molar-refractivity contribution in [1.82, 2.24) is 19.9 Å². The lowest BCUT2D eigenvalue weighted by Gasteiger charge is -2.10. The predicted molar refractivity (Wildman–Crippen MR) is 109 cm³/mol. The van der Waals surface area contributed by atoms with Crippen LogP contribution in [0.5, 0.6) is 0 Å². The second-order valence-electron chi connectivity index (χ2n) is 6.97. The van der Waals surface area contributed by atoms with E-state index in [2.05, 4.69) is 15.3 Å². The van der Waals surface area contributed by atoms with E-state index in [4.69, 9.17) is 4.42 Å². The quantitative estimate of drug-likeness (QED) is 0.550. The van der Waals surface area contributed by atoms with Crippen LogP contribution in [-0.2, 0) is 13.1 Å². The van der Waals surface area contributed by atoms with Crippen LogP contribution < -0.4 is 10.9 Å². The summed E-state index contributed by atoms with van der Waals surface area (Å²) in [5.74, 6) is 0.621. The molecule has 0 saturated carbocycles. The van der Waals surface area contributed by atoms with E-state index in [1.165, 1.54) is 16.7 Å². The van der Waals surface area contributed by atoms with E-state index in [9.17, 15) is 14.0 Å². The van der Waals surface area contributed by atoms with Gasteiger partial charge in [-0.05, 0) is 50.2 Å². The summed E-state index contributed by atoms with van der Waals surface area (Å²) in [4.78, 5) is 34.0. The lowest BCUT2D eigenvalue weighted by molar-refractivity contribution is 0.0947. The van der Waals surface area contributed by atoms with Gasteiger partial charge in [-0.1, -0.05) is 0 Å². The molecule has 0 fully saturated rings. The molecule has 0 spiro atoms. The molecule has 30 heavy (non-hydrogen) atoms. The standard InChI is InChI=1S/C22H19FN4O3/c1-13-3-6-17(30-13)11-25-21(28)18-9-19-20(26-14(18)2)7-8-27(22(19)29)12-16-5-4-15(23)10-24-16/h3-10H,11-12H2,1-2H3,(H,25,28). The molecule has 7 nitrogen and oxygen atoms in total. The Balaban J connectivity index is 1.63. The van der Waals surface area contributed by atoms with Gasteiger partial charge in [-0.15, -0.1) is 0 Å². The van der Waals surface area contributed by atoms with Gasteiger partial charge in [0.05, 0.1) is 47.1 Å². The molecule has 0 saturated heterocycles. The smallest absolute Gasteiger partial charge is 0.260 e. The number of halogens is 1. The number of aryl methyl sites for hydroxylation is 2. The van der Waals surface area contributed by atoms with Crippen LogP contribution in [0.2, 0.25) is 0 Å². The molecule has 8 heteroatoms. The van der Waals surface area contributed by atoms with Gasteiger partial charge in [0.25, 0.3) is 11.5 Å². The van der Waals surface area contributed by atoms with Crippen molar-refractivity contribution in [3.63, 3.8) is 0 Å². The summed E-state index contributed by atoms with van der Waals surface area (Å²) in [7, 11) is 0. The Morgan fingerprint density at radius 3 is 2.73 bits per heavy atom. The SMILES string of the molecule is Cc1ccc(CNC(=O)c2cc3c(=O)n(Cc4ccc(F)cn4)ccc3nc2C)o1. The number of nitrogens with zero attached hydrogens (tertiary/aromatic N) is 3. The fourth-order valence-electron chi connectivity index (χ4n) is 3.18. The maximum Gasteiger partial charge on any atom is 0.260 e. The number of pyridine rings is 3. The molecule has 0 bridgehead atoms. The number of amides is 1. The molecule has 4 rings (SSSR count). The molecule has 4 heterocycles. The highest BCUT2D eigenvalue weighted by molar-refractivity contribution is 5.98. The first-order valence-electron chi connectivity index (χ1n) is 9.35. The van der Waals surface area contributed by atoms with E-state index in [-0.39, 0.29) is 24.6 Å². The minimum absolute atomic E-state index is 0.183. The molecule has 4 aromatic rings. The number of fused-ring (bicyclic) bond motifs is 1. The van der Waals surface area contributed by atoms with Crippen LogP contribution in [0.1, 0.15) is 33.3 Å². The maximum absolute atomic E-state index is 13.1. The van der Waals surface area contributed by atoms with Crippen LogP contribution in [0.4, 0.5) is 4.39 Å². The maximum atomic E-state index is 13.1. The van der Waals surface area contributed by atoms with Crippen molar-refractivity contribution in [3.05, 3.63) is 93.4 Å². The van der Waals surface area contributed by atoms with Crippen LogP contribution in [0, 0.1) is 19.7 Å². The first-order chi connectivity index (χ1) is 14.4. The summed E-state index contributed by atoms with van der Waals surface area (Å²) < 4.78 is 20.0. The van der Waals surface area contributed by atoms with E-state index < -0.39 is 5.82 Å². The van der Waals surface area contributed by atoms with Gasteiger partial charge in [0.1, 0.15) is 17.3 Å². The van der Waals surface area contributed by atoms with Crippen LogP contribution in [0.25, 0.3) is 10.9 Å². The first kappa shape index (κ1) is 19.5. The van der Waals surface area contributed by atoms with E-state index in [0.717, 1.165) is 12.0 Å². The summed E-state index contributed by atoms with van der Waals surface area (Å²) in [5, 5.41) is 3.11. The monoisotopic (exact) mass is 406 g/mol. The molecular weight excluding hydrogens is 387 g/mol. The first-order valence-corrected chi connectivity index (χ1v) is 9.35. The molecule has 0 unspecified atom stereocenters. The Morgan fingerprint density at radius 1 is 1.20 bits per heavy atom. The van der Waals surface area contributed by atoms with Crippen LogP contribution >= 0.6 is 0 Å². The Morgan fingerprint density at radius 2 is 2.03 bits per heavy atom. The normalized spacial score (nSPS) is 11.0. The Labute approximate surface area is 171 Å². The number of aromatic nitrogens is 3. The van der Waals surface area contributed by atoms with Crippen LogP contribution in [0.3, 0.4) is 0 Å². The predicted octanol–water partition coefficient (Wildman–Crippen LogP) is 3.12. The van der Waals surface area contributed by atoms with Gasteiger partial charge >= 0.3 is 0 Å². The van der Waals surface area contributed by atoms with Gasteiger partial charge in [-0.25, -0.2) is 4.39 Å². The lowest BCUT2D eigenvalue weighted by Crippen LogP contribution is -2.25. The molecule has 152 valence electrons. The zero-order valence-corrected chi connectivity index (χ0v) is 16.5. The zero-order chi connectivity index (χ0) is 21.3. The summed E-state index contributed by atoms with van der Waals surface area (Å²) in [5.41, 5.74) is 1.58. The van der Waals surface area contributed by atoms with Crippen molar-refractivity contribution >= 4 is 16.8 Å². The van der Waals surface area contributed by atoms with E-state index in [1.54, 1.807) is 31.3 Å². The second kappa shape index (κ2) is 7.90. The van der Waals surface area contributed by atoms with E-state index in [0.29, 0.717) is 33.6 Å². The summed E-state index contributed by atoms with van der Waals surface area (Å²) >= 11 is 0. The number of hydrogen-bond donors (Lipinski definition) is 1. The summed E-state index contributed by atoms with van der Waals surface area (Å²) in [6, 6.07) is 9.70. The Kier molecular flexibility index (Phi) is 5.14. The molecule has 0 aliphatic heterocycles. The fraction of sp³-hybridized carbons (Fsp3) is 0.182. The lowest BCUT2D eigenvalue weighted by atomic mass is 10.1. The molecule has 0 aliphatic carbocycles. The van der Waals surface area contributed by atoms with Crippen molar-refractivity contribution in [2.75, 3.05) is 0 Å². The van der Waals surface area contributed by atoms with Gasteiger partial charge in [0, 0.05) is 6.20 Å². The van der Waals surface area contributed by atoms with E-state index >= 15 is 0 Å².